The van der Waals surface area contributed by atoms with Gasteiger partial charge in [0.25, 0.3) is 0 Å². The first-order valence-electron chi connectivity index (χ1n) is 7.80. The van der Waals surface area contributed by atoms with Crippen LogP contribution in [0.2, 0.25) is 10.0 Å². The van der Waals surface area contributed by atoms with Crippen LogP contribution in [0.1, 0.15) is 35.2 Å². The SMILES string of the molecule is Cc1ccccc1[C@H]1C[C@H](c2ccc(Cl)cc2Cl)Nc2ncnn21. The van der Waals surface area contributed by atoms with Crippen molar-refractivity contribution < 1.29 is 0 Å². The third-order valence-electron chi connectivity index (χ3n) is 4.52. The number of hydrogen-bond acceptors (Lipinski definition) is 3. The van der Waals surface area contributed by atoms with Crippen LogP contribution in [0.5, 0.6) is 0 Å². The van der Waals surface area contributed by atoms with Crippen molar-refractivity contribution in [2.45, 2.75) is 25.4 Å². The first kappa shape index (κ1) is 15.5. The van der Waals surface area contributed by atoms with Crippen molar-refractivity contribution in [2.75, 3.05) is 5.32 Å². The Balaban J connectivity index is 1.78. The Morgan fingerprint density at radius 3 is 2.75 bits per heavy atom. The lowest BCUT2D eigenvalue weighted by Crippen LogP contribution is -2.28. The Hall–Kier alpha value is -2.04. The van der Waals surface area contributed by atoms with Crippen molar-refractivity contribution in [3.63, 3.8) is 0 Å². The molecule has 2 atom stereocenters. The quantitative estimate of drug-likeness (QED) is 0.697. The fourth-order valence-electron chi connectivity index (χ4n) is 3.33. The molecule has 0 fully saturated rings. The van der Waals surface area contributed by atoms with Gasteiger partial charge in [0.2, 0.25) is 5.95 Å². The summed E-state index contributed by atoms with van der Waals surface area (Å²) in [7, 11) is 0. The summed E-state index contributed by atoms with van der Waals surface area (Å²) in [5.41, 5.74) is 3.52. The highest BCUT2D eigenvalue weighted by Crippen LogP contribution is 2.40. The largest absolute Gasteiger partial charge is 0.347 e. The fourth-order valence-corrected chi connectivity index (χ4v) is 3.87. The van der Waals surface area contributed by atoms with E-state index in [0.717, 1.165) is 17.9 Å². The van der Waals surface area contributed by atoms with Gasteiger partial charge in [-0.1, -0.05) is 53.5 Å². The molecule has 0 radical (unpaired) electrons. The van der Waals surface area contributed by atoms with Gasteiger partial charge in [0, 0.05) is 10.0 Å². The third-order valence-corrected chi connectivity index (χ3v) is 5.08. The predicted octanol–water partition coefficient (Wildman–Crippen LogP) is 5.04. The van der Waals surface area contributed by atoms with Gasteiger partial charge in [0.15, 0.2) is 0 Å². The monoisotopic (exact) mass is 358 g/mol. The summed E-state index contributed by atoms with van der Waals surface area (Å²) in [4.78, 5) is 4.36. The van der Waals surface area contributed by atoms with Gasteiger partial charge in [-0.05, 0) is 42.2 Å². The van der Waals surface area contributed by atoms with Crippen LogP contribution in [0.15, 0.2) is 48.8 Å². The normalized spacial score (nSPS) is 19.6. The summed E-state index contributed by atoms with van der Waals surface area (Å²) >= 11 is 12.5. The second-order valence-corrected chi connectivity index (χ2v) is 6.84. The molecule has 122 valence electrons. The van der Waals surface area contributed by atoms with Crippen LogP contribution in [-0.4, -0.2) is 14.8 Å². The van der Waals surface area contributed by atoms with Gasteiger partial charge in [0.1, 0.15) is 6.33 Å². The van der Waals surface area contributed by atoms with Crippen molar-refractivity contribution in [1.29, 1.82) is 0 Å². The highest BCUT2D eigenvalue weighted by Gasteiger charge is 2.31. The number of rotatable bonds is 2. The highest BCUT2D eigenvalue weighted by molar-refractivity contribution is 6.35. The van der Waals surface area contributed by atoms with E-state index in [1.165, 1.54) is 11.1 Å². The second kappa shape index (κ2) is 6.11. The zero-order chi connectivity index (χ0) is 16.7. The van der Waals surface area contributed by atoms with Crippen molar-refractivity contribution in [1.82, 2.24) is 14.8 Å². The number of benzene rings is 2. The van der Waals surface area contributed by atoms with Crippen molar-refractivity contribution >= 4 is 29.2 Å². The molecular formula is C18H16Cl2N4. The Kier molecular flexibility index (Phi) is 3.94. The van der Waals surface area contributed by atoms with Crippen LogP contribution in [0.3, 0.4) is 0 Å². The minimum absolute atomic E-state index is 0.0519. The van der Waals surface area contributed by atoms with Gasteiger partial charge in [0.05, 0.1) is 12.1 Å². The average molecular weight is 359 g/mol. The number of halogens is 2. The molecule has 1 N–H and O–H groups in total. The Bertz CT molecular complexity index is 890. The van der Waals surface area contributed by atoms with Gasteiger partial charge in [-0.25, -0.2) is 4.68 Å². The van der Waals surface area contributed by atoms with Gasteiger partial charge >= 0.3 is 0 Å². The average Bonchev–Trinajstić information content (AvgIpc) is 3.03. The second-order valence-electron chi connectivity index (χ2n) is 6.00. The van der Waals surface area contributed by atoms with Crippen LogP contribution < -0.4 is 5.32 Å². The molecule has 1 aliphatic heterocycles. The van der Waals surface area contributed by atoms with E-state index in [1.54, 1.807) is 12.4 Å². The molecule has 0 bridgehead atoms. The summed E-state index contributed by atoms with van der Waals surface area (Å²) < 4.78 is 1.95. The minimum atomic E-state index is 0.0519. The Morgan fingerprint density at radius 2 is 1.96 bits per heavy atom. The smallest absolute Gasteiger partial charge is 0.222 e. The van der Waals surface area contributed by atoms with E-state index in [0.29, 0.717) is 10.0 Å². The molecule has 0 spiro atoms. The zero-order valence-electron chi connectivity index (χ0n) is 13.1. The maximum absolute atomic E-state index is 6.42. The summed E-state index contributed by atoms with van der Waals surface area (Å²) in [6.45, 7) is 2.12. The van der Waals surface area contributed by atoms with Crippen LogP contribution in [-0.2, 0) is 0 Å². The summed E-state index contributed by atoms with van der Waals surface area (Å²) in [6, 6.07) is 14.2. The van der Waals surface area contributed by atoms with Gasteiger partial charge in [-0.3, -0.25) is 0 Å². The molecule has 1 aromatic heterocycles. The minimum Gasteiger partial charge on any atom is -0.347 e. The predicted molar refractivity (Wildman–Crippen MR) is 96.8 cm³/mol. The van der Waals surface area contributed by atoms with E-state index in [9.17, 15) is 0 Å². The molecule has 0 amide bonds. The number of anilines is 1. The maximum Gasteiger partial charge on any atom is 0.222 e. The Morgan fingerprint density at radius 1 is 1.12 bits per heavy atom. The lowest BCUT2D eigenvalue weighted by Gasteiger charge is -2.32. The van der Waals surface area contributed by atoms with Gasteiger partial charge in [-0.15, -0.1) is 0 Å². The van der Waals surface area contributed by atoms with Crippen LogP contribution in [0, 0.1) is 6.92 Å². The molecule has 2 aromatic carbocycles. The molecule has 0 unspecified atom stereocenters. The van der Waals surface area contributed by atoms with Gasteiger partial charge in [-0.2, -0.15) is 10.1 Å². The van der Waals surface area contributed by atoms with Crippen LogP contribution in [0.25, 0.3) is 0 Å². The zero-order valence-corrected chi connectivity index (χ0v) is 14.6. The first-order valence-corrected chi connectivity index (χ1v) is 8.55. The lowest BCUT2D eigenvalue weighted by molar-refractivity contribution is 0.429. The van der Waals surface area contributed by atoms with Crippen LogP contribution in [0.4, 0.5) is 5.95 Å². The fraction of sp³-hybridized carbons (Fsp3) is 0.222. The molecule has 6 heteroatoms. The highest BCUT2D eigenvalue weighted by atomic mass is 35.5. The summed E-state index contributed by atoms with van der Waals surface area (Å²) in [6.07, 6.45) is 2.42. The van der Waals surface area contributed by atoms with E-state index in [2.05, 4.69) is 46.6 Å². The number of aromatic nitrogens is 3. The molecule has 4 nitrogen and oxygen atoms in total. The van der Waals surface area contributed by atoms with E-state index in [4.69, 9.17) is 23.2 Å². The van der Waals surface area contributed by atoms with Crippen LogP contribution >= 0.6 is 23.2 Å². The molecule has 1 aliphatic rings. The standard InChI is InChI=1S/C18H16Cl2N4/c1-11-4-2-3-5-13(11)17-9-16(23-18-21-10-22-24(17)18)14-7-6-12(19)8-15(14)20/h2-8,10,16-17H,9H2,1H3,(H,21,22,23)/t16-,17-/m1/s1. The molecule has 0 aliphatic carbocycles. The lowest BCUT2D eigenvalue weighted by atomic mass is 9.91. The van der Waals surface area contributed by atoms with Crippen molar-refractivity contribution in [3.05, 3.63) is 75.5 Å². The topological polar surface area (TPSA) is 42.7 Å². The van der Waals surface area contributed by atoms with Crippen molar-refractivity contribution in [3.8, 4) is 0 Å². The molecule has 4 rings (SSSR count). The number of nitrogens with zero attached hydrogens (tertiary/aromatic N) is 3. The number of hydrogen-bond donors (Lipinski definition) is 1. The Labute approximate surface area is 150 Å². The molecule has 0 saturated heterocycles. The first-order chi connectivity index (χ1) is 11.6. The van der Waals surface area contributed by atoms with E-state index in [1.807, 2.05) is 16.8 Å². The molecule has 24 heavy (non-hydrogen) atoms. The van der Waals surface area contributed by atoms with E-state index in [-0.39, 0.29) is 12.1 Å². The molecule has 3 aromatic rings. The van der Waals surface area contributed by atoms with Gasteiger partial charge < -0.3 is 5.32 Å². The number of aryl methyl sites for hydroxylation is 1. The molecular weight excluding hydrogens is 343 g/mol. The third kappa shape index (κ3) is 2.66. The molecule has 2 heterocycles. The summed E-state index contributed by atoms with van der Waals surface area (Å²) in [5, 5.41) is 9.14. The van der Waals surface area contributed by atoms with Crippen molar-refractivity contribution in [2.24, 2.45) is 0 Å². The molecule has 0 saturated carbocycles. The van der Waals surface area contributed by atoms with E-state index >= 15 is 0 Å². The summed E-state index contributed by atoms with van der Waals surface area (Å²) in [5.74, 6) is 0.755. The number of fused-ring (bicyclic) bond motifs is 1. The van der Waals surface area contributed by atoms with E-state index < -0.39 is 0 Å². The maximum atomic E-state index is 6.42. The number of nitrogens with one attached hydrogen (secondary N) is 1.